The number of amides is 1. The zero-order valence-corrected chi connectivity index (χ0v) is 10.4. The van der Waals surface area contributed by atoms with E-state index in [1.165, 1.54) is 0 Å². The van der Waals surface area contributed by atoms with Gasteiger partial charge in [-0.15, -0.1) is 0 Å². The molecule has 0 radical (unpaired) electrons. The molecule has 0 saturated heterocycles. The largest absolute Gasteiger partial charge is 0.369 e. The first kappa shape index (κ1) is 12.7. The van der Waals surface area contributed by atoms with Crippen molar-refractivity contribution in [1.29, 1.82) is 0 Å². The number of hydrogen-bond donors (Lipinski definition) is 2. The Kier molecular flexibility index (Phi) is 3.38. The molecule has 1 amide bonds. The maximum atomic E-state index is 11.0. The highest BCUT2D eigenvalue weighted by Crippen LogP contribution is 2.22. The van der Waals surface area contributed by atoms with Crippen LogP contribution in [0.3, 0.4) is 0 Å². The highest BCUT2D eigenvalue weighted by Gasteiger charge is 2.23. The van der Waals surface area contributed by atoms with Crippen molar-refractivity contribution in [3.8, 4) is 0 Å². The Balaban J connectivity index is 3.33. The van der Waals surface area contributed by atoms with Gasteiger partial charge in [-0.05, 0) is 27.7 Å². The molecule has 0 aromatic carbocycles. The second kappa shape index (κ2) is 4.25. The number of aryl methyl sites for hydroxylation is 1. The van der Waals surface area contributed by atoms with E-state index in [0.29, 0.717) is 12.4 Å². The number of nitrogens with zero attached hydrogens (tertiary/aromatic N) is 2. The summed E-state index contributed by atoms with van der Waals surface area (Å²) in [5.74, 6) is 0.317. The number of aromatic nitrogens is 2. The number of nitrogens with two attached hydrogens (primary N) is 2. The molecule has 90 valence electrons. The number of imidazole rings is 1. The number of primary amides is 1. The average Bonchev–Trinajstić information content (AvgIpc) is 2.39. The van der Waals surface area contributed by atoms with E-state index in [9.17, 15) is 4.79 Å². The van der Waals surface area contributed by atoms with E-state index in [0.717, 1.165) is 11.4 Å². The van der Waals surface area contributed by atoms with Crippen LogP contribution in [0.5, 0.6) is 0 Å². The van der Waals surface area contributed by atoms with Gasteiger partial charge in [-0.3, -0.25) is 4.79 Å². The van der Waals surface area contributed by atoms with Crippen molar-refractivity contribution in [3.05, 3.63) is 17.2 Å². The summed E-state index contributed by atoms with van der Waals surface area (Å²) in [5, 5.41) is 0. The third-order valence-corrected chi connectivity index (χ3v) is 2.44. The number of carbonyl (C=O) groups is 1. The first-order valence-electron chi connectivity index (χ1n) is 5.33. The topological polar surface area (TPSA) is 86.9 Å². The lowest BCUT2D eigenvalue weighted by Gasteiger charge is -2.26. The van der Waals surface area contributed by atoms with Crippen LogP contribution >= 0.6 is 0 Å². The normalized spacial score (nSPS) is 11.8. The minimum Gasteiger partial charge on any atom is -0.369 e. The smallest absolute Gasteiger partial charge is 0.225 e. The summed E-state index contributed by atoms with van der Waals surface area (Å²) < 4.78 is 2.01. The molecule has 5 nitrogen and oxygen atoms in total. The third-order valence-electron chi connectivity index (χ3n) is 2.44. The fourth-order valence-corrected chi connectivity index (χ4v) is 1.93. The Labute approximate surface area is 95.8 Å². The summed E-state index contributed by atoms with van der Waals surface area (Å²) in [6.07, 6.45) is 0.151. The van der Waals surface area contributed by atoms with Gasteiger partial charge in [-0.2, -0.15) is 0 Å². The molecule has 0 spiro atoms. The van der Waals surface area contributed by atoms with E-state index in [-0.39, 0.29) is 17.9 Å². The third kappa shape index (κ3) is 2.41. The van der Waals surface area contributed by atoms with Crippen LogP contribution in [0.4, 0.5) is 0 Å². The Bertz CT molecular complexity index is 401. The molecule has 0 aliphatic rings. The fourth-order valence-electron chi connectivity index (χ4n) is 1.93. The quantitative estimate of drug-likeness (QED) is 0.780. The first-order chi connectivity index (χ1) is 7.27. The second-order valence-corrected chi connectivity index (χ2v) is 4.91. The summed E-state index contributed by atoms with van der Waals surface area (Å²) in [7, 11) is 0. The molecule has 1 aromatic rings. The molecule has 1 aromatic heterocycles. The fraction of sp³-hybridized carbons (Fsp3) is 0.636. The Hall–Kier alpha value is -1.36. The van der Waals surface area contributed by atoms with Crippen LogP contribution in [0.25, 0.3) is 0 Å². The molecular formula is C11H20N4O. The molecule has 5 heteroatoms. The van der Waals surface area contributed by atoms with Gasteiger partial charge in [0, 0.05) is 12.1 Å². The van der Waals surface area contributed by atoms with Crippen molar-refractivity contribution in [1.82, 2.24) is 9.55 Å². The average molecular weight is 224 g/mol. The van der Waals surface area contributed by atoms with Crippen molar-refractivity contribution in [2.45, 2.75) is 46.2 Å². The number of rotatable bonds is 3. The van der Waals surface area contributed by atoms with Crippen LogP contribution in [-0.4, -0.2) is 15.5 Å². The Morgan fingerprint density at radius 2 is 2.00 bits per heavy atom. The maximum absolute atomic E-state index is 11.0. The SMILES string of the molecule is Cc1nc(CC(N)=O)n(C(C)(C)C)c1CN. The lowest BCUT2D eigenvalue weighted by molar-refractivity contribution is -0.117. The van der Waals surface area contributed by atoms with Crippen LogP contribution in [0.1, 0.15) is 38.0 Å². The predicted octanol–water partition coefficient (Wildman–Crippen LogP) is 0.433. The van der Waals surface area contributed by atoms with Crippen LogP contribution in [-0.2, 0) is 23.3 Å². The maximum Gasteiger partial charge on any atom is 0.225 e. The van der Waals surface area contributed by atoms with Crippen LogP contribution in [0.15, 0.2) is 0 Å². The van der Waals surface area contributed by atoms with E-state index >= 15 is 0 Å². The van der Waals surface area contributed by atoms with Crippen LogP contribution < -0.4 is 11.5 Å². The van der Waals surface area contributed by atoms with Crippen molar-refractivity contribution in [3.63, 3.8) is 0 Å². The van der Waals surface area contributed by atoms with Crippen molar-refractivity contribution in [2.24, 2.45) is 11.5 Å². The van der Waals surface area contributed by atoms with E-state index < -0.39 is 0 Å². The summed E-state index contributed by atoms with van der Waals surface area (Å²) in [5.41, 5.74) is 12.6. The molecule has 1 rings (SSSR count). The Morgan fingerprint density at radius 1 is 1.44 bits per heavy atom. The molecule has 0 atom stereocenters. The zero-order chi connectivity index (χ0) is 12.5. The van der Waals surface area contributed by atoms with Crippen molar-refractivity contribution < 1.29 is 4.79 Å². The highest BCUT2D eigenvalue weighted by atomic mass is 16.1. The molecule has 0 bridgehead atoms. The summed E-state index contributed by atoms with van der Waals surface area (Å²) in [6.45, 7) is 8.47. The lowest BCUT2D eigenvalue weighted by Crippen LogP contribution is -2.29. The molecule has 0 unspecified atom stereocenters. The minimum absolute atomic E-state index is 0.151. The molecular weight excluding hydrogens is 204 g/mol. The van der Waals surface area contributed by atoms with Crippen LogP contribution in [0, 0.1) is 6.92 Å². The molecule has 0 aliphatic carbocycles. The molecule has 16 heavy (non-hydrogen) atoms. The van der Waals surface area contributed by atoms with Gasteiger partial charge in [0.15, 0.2) is 0 Å². The van der Waals surface area contributed by atoms with Gasteiger partial charge < -0.3 is 16.0 Å². The number of carbonyl (C=O) groups excluding carboxylic acids is 1. The van der Waals surface area contributed by atoms with Gasteiger partial charge in [-0.1, -0.05) is 0 Å². The molecule has 4 N–H and O–H groups in total. The second-order valence-electron chi connectivity index (χ2n) is 4.91. The van der Waals surface area contributed by atoms with E-state index in [2.05, 4.69) is 25.8 Å². The van der Waals surface area contributed by atoms with Gasteiger partial charge >= 0.3 is 0 Å². The monoisotopic (exact) mass is 224 g/mol. The minimum atomic E-state index is -0.376. The molecule has 0 aliphatic heterocycles. The van der Waals surface area contributed by atoms with Crippen molar-refractivity contribution >= 4 is 5.91 Å². The summed E-state index contributed by atoms with van der Waals surface area (Å²) >= 11 is 0. The van der Waals surface area contributed by atoms with E-state index in [4.69, 9.17) is 11.5 Å². The molecule has 0 fully saturated rings. The van der Waals surface area contributed by atoms with E-state index in [1.807, 2.05) is 11.5 Å². The van der Waals surface area contributed by atoms with Gasteiger partial charge in [0.25, 0.3) is 0 Å². The highest BCUT2D eigenvalue weighted by molar-refractivity contribution is 5.75. The van der Waals surface area contributed by atoms with Crippen LogP contribution in [0.2, 0.25) is 0 Å². The molecule has 1 heterocycles. The lowest BCUT2D eigenvalue weighted by atomic mass is 10.1. The zero-order valence-electron chi connectivity index (χ0n) is 10.4. The van der Waals surface area contributed by atoms with Gasteiger partial charge in [0.2, 0.25) is 5.91 Å². The summed E-state index contributed by atoms with van der Waals surface area (Å²) in [6, 6.07) is 0. The van der Waals surface area contributed by atoms with Gasteiger partial charge in [0.1, 0.15) is 5.82 Å². The van der Waals surface area contributed by atoms with Gasteiger partial charge in [-0.25, -0.2) is 4.98 Å². The van der Waals surface area contributed by atoms with Gasteiger partial charge in [0.05, 0.1) is 17.8 Å². The number of hydrogen-bond acceptors (Lipinski definition) is 3. The first-order valence-corrected chi connectivity index (χ1v) is 5.33. The standard InChI is InChI=1S/C11H20N4O/c1-7-8(6-12)15(11(2,3)4)10(14-7)5-9(13)16/h5-6,12H2,1-4H3,(H2,13,16). The van der Waals surface area contributed by atoms with E-state index in [1.54, 1.807) is 0 Å². The predicted molar refractivity (Wildman–Crippen MR) is 62.7 cm³/mol. The molecule has 0 saturated carbocycles. The Morgan fingerprint density at radius 3 is 2.38 bits per heavy atom. The summed E-state index contributed by atoms with van der Waals surface area (Å²) in [4.78, 5) is 15.4. The van der Waals surface area contributed by atoms with Crippen molar-refractivity contribution in [2.75, 3.05) is 0 Å².